The molecule has 0 spiro atoms. The van der Waals surface area contributed by atoms with Crippen LogP contribution in [0.25, 0.3) is 0 Å². The molecule has 2 nitrogen and oxygen atoms in total. The van der Waals surface area contributed by atoms with E-state index < -0.39 is 0 Å². The van der Waals surface area contributed by atoms with Crippen LogP contribution < -0.4 is 0 Å². The summed E-state index contributed by atoms with van der Waals surface area (Å²) >= 11 is 0. The smallest absolute Gasteiger partial charge is 0.309 e. The standard InChI is InChI=1S/C22H40O2/c1-5-21(15-6-16(2)3)24-22(23)20-13-11-19(12-14-20)18-9-7-17(4)8-10-18/h16-21H,5-15H2,1-4H3. The lowest BCUT2D eigenvalue weighted by Gasteiger charge is -2.37. The molecule has 0 aromatic carbocycles. The monoisotopic (exact) mass is 336 g/mol. The van der Waals surface area contributed by atoms with E-state index in [2.05, 4.69) is 27.7 Å². The van der Waals surface area contributed by atoms with Crippen molar-refractivity contribution in [2.45, 2.75) is 104 Å². The van der Waals surface area contributed by atoms with Gasteiger partial charge in [-0.15, -0.1) is 0 Å². The largest absolute Gasteiger partial charge is 0.462 e. The summed E-state index contributed by atoms with van der Waals surface area (Å²) in [5.41, 5.74) is 0. The van der Waals surface area contributed by atoms with Crippen LogP contribution in [-0.4, -0.2) is 12.1 Å². The highest BCUT2D eigenvalue weighted by molar-refractivity contribution is 5.72. The summed E-state index contributed by atoms with van der Waals surface area (Å²) in [4.78, 5) is 12.5. The molecule has 140 valence electrons. The van der Waals surface area contributed by atoms with E-state index in [1.165, 1.54) is 38.5 Å². The highest BCUT2D eigenvalue weighted by atomic mass is 16.5. The van der Waals surface area contributed by atoms with Crippen molar-refractivity contribution in [2.24, 2.45) is 29.6 Å². The van der Waals surface area contributed by atoms with Crippen molar-refractivity contribution in [2.75, 3.05) is 0 Å². The van der Waals surface area contributed by atoms with Gasteiger partial charge in [0.25, 0.3) is 0 Å². The van der Waals surface area contributed by atoms with Crippen LogP contribution in [0.1, 0.15) is 98.3 Å². The lowest BCUT2D eigenvalue weighted by molar-refractivity contribution is -0.156. The van der Waals surface area contributed by atoms with Crippen LogP contribution in [0, 0.1) is 29.6 Å². The van der Waals surface area contributed by atoms with Crippen molar-refractivity contribution in [1.82, 2.24) is 0 Å². The first-order valence-corrected chi connectivity index (χ1v) is 10.7. The zero-order chi connectivity index (χ0) is 17.5. The number of carbonyl (C=O) groups excluding carboxylic acids is 1. The van der Waals surface area contributed by atoms with Crippen molar-refractivity contribution in [3.63, 3.8) is 0 Å². The van der Waals surface area contributed by atoms with Gasteiger partial charge in [-0.1, -0.05) is 40.5 Å². The Labute approximate surface area is 150 Å². The molecule has 2 heteroatoms. The van der Waals surface area contributed by atoms with Crippen LogP contribution in [0.5, 0.6) is 0 Å². The number of carbonyl (C=O) groups is 1. The van der Waals surface area contributed by atoms with Gasteiger partial charge in [-0.05, 0) is 81.5 Å². The zero-order valence-corrected chi connectivity index (χ0v) is 16.6. The Kier molecular flexibility index (Phi) is 8.10. The SMILES string of the molecule is CCC(CCC(C)C)OC(=O)C1CCC(C2CCC(C)CC2)CC1. The number of ether oxygens (including phenoxy) is 1. The second-order valence-corrected chi connectivity index (χ2v) is 9.07. The molecule has 0 bridgehead atoms. The molecule has 0 amide bonds. The molecule has 0 aromatic rings. The first-order valence-electron chi connectivity index (χ1n) is 10.7. The molecule has 0 N–H and O–H groups in total. The molecule has 0 aliphatic heterocycles. The summed E-state index contributed by atoms with van der Waals surface area (Å²) in [6.45, 7) is 9.01. The van der Waals surface area contributed by atoms with E-state index in [0.717, 1.165) is 49.9 Å². The molecule has 0 saturated heterocycles. The van der Waals surface area contributed by atoms with Crippen molar-refractivity contribution < 1.29 is 9.53 Å². The molecule has 1 atom stereocenters. The molecule has 2 rings (SSSR count). The fourth-order valence-corrected chi connectivity index (χ4v) is 4.71. The molecular weight excluding hydrogens is 296 g/mol. The van der Waals surface area contributed by atoms with Crippen molar-refractivity contribution >= 4 is 5.97 Å². The van der Waals surface area contributed by atoms with Crippen LogP contribution in [0.4, 0.5) is 0 Å². The molecule has 2 aliphatic rings. The van der Waals surface area contributed by atoms with Gasteiger partial charge in [0.15, 0.2) is 0 Å². The van der Waals surface area contributed by atoms with Gasteiger partial charge < -0.3 is 4.74 Å². The molecule has 0 radical (unpaired) electrons. The summed E-state index contributed by atoms with van der Waals surface area (Å²) in [6.07, 6.45) is 13.6. The fraction of sp³-hybridized carbons (Fsp3) is 0.955. The van der Waals surface area contributed by atoms with E-state index in [1.54, 1.807) is 0 Å². The van der Waals surface area contributed by atoms with Crippen LogP contribution in [0.15, 0.2) is 0 Å². The van der Waals surface area contributed by atoms with E-state index in [9.17, 15) is 4.79 Å². The van der Waals surface area contributed by atoms with Gasteiger partial charge >= 0.3 is 5.97 Å². The summed E-state index contributed by atoms with van der Waals surface area (Å²) in [5.74, 6) is 3.71. The Morgan fingerprint density at radius 1 is 0.917 bits per heavy atom. The maximum absolute atomic E-state index is 12.5. The number of esters is 1. The number of rotatable bonds is 7. The van der Waals surface area contributed by atoms with E-state index in [1.807, 2.05) is 0 Å². The Hall–Kier alpha value is -0.530. The quantitative estimate of drug-likeness (QED) is 0.504. The highest BCUT2D eigenvalue weighted by Crippen LogP contribution is 2.41. The summed E-state index contributed by atoms with van der Waals surface area (Å²) in [6, 6.07) is 0. The van der Waals surface area contributed by atoms with Gasteiger partial charge in [0.05, 0.1) is 5.92 Å². The van der Waals surface area contributed by atoms with Gasteiger partial charge in [-0.3, -0.25) is 4.79 Å². The van der Waals surface area contributed by atoms with Gasteiger partial charge in [0, 0.05) is 0 Å². The highest BCUT2D eigenvalue weighted by Gasteiger charge is 2.33. The van der Waals surface area contributed by atoms with E-state index in [0.29, 0.717) is 5.92 Å². The Bertz CT molecular complexity index is 360. The Morgan fingerprint density at radius 2 is 1.46 bits per heavy atom. The molecule has 24 heavy (non-hydrogen) atoms. The average Bonchev–Trinajstić information content (AvgIpc) is 2.59. The molecule has 2 fully saturated rings. The number of hydrogen-bond donors (Lipinski definition) is 0. The second-order valence-electron chi connectivity index (χ2n) is 9.07. The third-order valence-corrected chi connectivity index (χ3v) is 6.64. The van der Waals surface area contributed by atoms with Gasteiger partial charge in [0.2, 0.25) is 0 Å². The maximum Gasteiger partial charge on any atom is 0.309 e. The zero-order valence-electron chi connectivity index (χ0n) is 16.6. The van der Waals surface area contributed by atoms with Gasteiger partial charge in [-0.25, -0.2) is 0 Å². The van der Waals surface area contributed by atoms with E-state index in [4.69, 9.17) is 4.74 Å². The lowest BCUT2D eigenvalue weighted by atomic mass is 9.69. The normalized spacial score (nSPS) is 32.5. The average molecular weight is 337 g/mol. The predicted molar refractivity (Wildman–Crippen MR) is 101 cm³/mol. The first kappa shape index (κ1) is 19.8. The minimum absolute atomic E-state index is 0.0984. The minimum Gasteiger partial charge on any atom is -0.462 e. The second kappa shape index (κ2) is 9.82. The van der Waals surface area contributed by atoms with Crippen molar-refractivity contribution in [3.8, 4) is 0 Å². The van der Waals surface area contributed by atoms with Crippen LogP contribution in [0.3, 0.4) is 0 Å². The molecule has 1 unspecified atom stereocenters. The molecule has 2 aliphatic carbocycles. The van der Waals surface area contributed by atoms with Crippen molar-refractivity contribution in [3.05, 3.63) is 0 Å². The Morgan fingerprint density at radius 3 is 1.96 bits per heavy atom. The van der Waals surface area contributed by atoms with Crippen LogP contribution in [0.2, 0.25) is 0 Å². The Balaban J connectivity index is 1.71. The minimum atomic E-state index is 0.0984. The fourth-order valence-electron chi connectivity index (χ4n) is 4.71. The van der Waals surface area contributed by atoms with E-state index >= 15 is 0 Å². The number of hydrogen-bond acceptors (Lipinski definition) is 2. The molecule has 0 aromatic heterocycles. The van der Waals surface area contributed by atoms with Crippen LogP contribution >= 0.6 is 0 Å². The summed E-state index contributed by atoms with van der Waals surface area (Å²) in [5, 5.41) is 0. The maximum atomic E-state index is 12.5. The molecular formula is C22H40O2. The summed E-state index contributed by atoms with van der Waals surface area (Å²) < 4.78 is 5.85. The summed E-state index contributed by atoms with van der Waals surface area (Å²) in [7, 11) is 0. The van der Waals surface area contributed by atoms with Crippen LogP contribution in [-0.2, 0) is 9.53 Å². The van der Waals surface area contributed by atoms with Gasteiger partial charge in [0.1, 0.15) is 6.10 Å². The van der Waals surface area contributed by atoms with Gasteiger partial charge in [-0.2, -0.15) is 0 Å². The third kappa shape index (κ3) is 6.08. The first-order chi connectivity index (χ1) is 11.5. The molecule has 0 heterocycles. The predicted octanol–water partition coefficient (Wildman–Crippen LogP) is 6.38. The van der Waals surface area contributed by atoms with Crippen molar-refractivity contribution in [1.29, 1.82) is 0 Å². The lowest BCUT2D eigenvalue weighted by Crippen LogP contribution is -2.30. The molecule has 2 saturated carbocycles. The third-order valence-electron chi connectivity index (χ3n) is 6.64. The topological polar surface area (TPSA) is 26.3 Å². The van der Waals surface area contributed by atoms with E-state index in [-0.39, 0.29) is 18.0 Å².